The number of carbonyl (C=O) groups excluding carboxylic acids is 2. The van der Waals surface area contributed by atoms with Crippen molar-refractivity contribution in [2.75, 3.05) is 0 Å². The minimum atomic E-state index is -0.244. The lowest BCUT2D eigenvalue weighted by atomic mass is 9.75. The molecule has 2 bridgehead atoms. The number of carbonyl (C=O) groups is 2. The van der Waals surface area contributed by atoms with E-state index in [-0.39, 0.29) is 29.8 Å². The molecule has 0 spiro atoms. The number of esters is 1. The van der Waals surface area contributed by atoms with E-state index in [1.54, 1.807) is 12.2 Å². The molecule has 1 heterocycles. The lowest BCUT2D eigenvalue weighted by Gasteiger charge is -2.25. The lowest BCUT2D eigenvalue weighted by molar-refractivity contribution is -0.145. The average molecular weight is 354 g/mol. The van der Waals surface area contributed by atoms with Gasteiger partial charge in [0.05, 0.1) is 11.8 Å². The first-order valence-electron chi connectivity index (χ1n) is 5.69. The molecule has 1 saturated carbocycles. The van der Waals surface area contributed by atoms with E-state index in [0.29, 0.717) is 12.8 Å². The Bertz CT molecular complexity index is 501. The lowest BCUT2D eigenvalue weighted by Crippen LogP contribution is -2.30. The third kappa shape index (κ3) is 2.76. The van der Waals surface area contributed by atoms with E-state index in [0.717, 1.165) is 6.29 Å². The van der Waals surface area contributed by atoms with Crippen LogP contribution in [0.2, 0.25) is 0 Å². The molecule has 92 valence electrons. The molecule has 0 amide bonds. The number of allylic oxidation sites excluding steroid dienone is 2. The summed E-state index contributed by atoms with van der Waals surface area (Å²) in [5.41, 5.74) is 0. The Hall–Kier alpha value is -1.27. The van der Waals surface area contributed by atoms with Crippen molar-refractivity contribution in [2.24, 2.45) is 17.8 Å². The van der Waals surface area contributed by atoms with Gasteiger partial charge in [-0.05, 0) is 28.9 Å². The van der Waals surface area contributed by atoms with Crippen molar-refractivity contribution in [3.05, 3.63) is 12.2 Å². The second kappa shape index (κ2) is 6.06. The number of fused-ring (bicyclic) bond motifs is 2. The molecule has 0 radical (unpaired) electrons. The normalized spacial score (nSPS) is 33.1. The summed E-state index contributed by atoms with van der Waals surface area (Å²) in [7, 11) is 0. The van der Waals surface area contributed by atoms with Gasteiger partial charge in [-0.25, -0.2) is 0 Å². The largest absolute Gasteiger partial charge is 0.461 e. The van der Waals surface area contributed by atoms with E-state index in [1.165, 1.54) is 0 Å². The monoisotopic (exact) mass is 354 g/mol. The van der Waals surface area contributed by atoms with Gasteiger partial charge in [-0.2, -0.15) is 0 Å². The fourth-order valence-electron chi connectivity index (χ4n) is 2.41. The first-order valence-corrected chi connectivity index (χ1v) is 6.77. The van der Waals surface area contributed by atoms with Gasteiger partial charge < -0.3 is 9.53 Å². The summed E-state index contributed by atoms with van der Waals surface area (Å²) in [6, 6.07) is 0. The molecule has 1 saturated heterocycles. The van der Waals surface area contributed by atoms with Crippen molar-refractivity contribution in [3.63, 3.8) is 0 Å². The Morgan fingerprint density at radius 2 is 2.06 bits per heavy atom. The zero-order valence-corrected chi connectivity index (χ0v) is 11.7. The maximum atomic E-state index is 11.5. The van der Waals surface area contributed by atoms with Crippen molar-refractivity contribution in [1.29, 1.82) is 0 Å². The van der Waals surface area contributed by atoms with Crippen LogP contribution in [0.1, 0.15) is 12.8 Å². The molecule has 2 fully saturated rings. The van der Waals surface area contributed by atoms with Crippen LogP contribution in [-0.2, 0) is 14.3 Å². The summed E-state index contributed by atoms with van der Waals surface area (Å²) < 4.78 is 7.96. The van der Waals surface area contributed by atoms with E-state index < -0.39 is 0 Å². The van der Waals surface area contributed by atoms with Crippen LogP contribution in [0.25, 0.3) is 0 Å². The topological polar surface area (TPSA) is 43.4 Å². The first kappa shape index (κ1) is 13.2. The molecule has 4 atom stereocenters. The van der Waals surface area contributed by atoms with E-state index in [9.17, 15) is 9.59 Å². The van der Waals surface area contributed by atoms with Crippen LogP contribution in [0, 0.1) is 39.4 Å². The molecule has 0 aromatic carbocycles. The Labute approximate surface area is 119 Å². The van der Waals surface area contributed by atoms with Gasteiger partial charge in [0.15, 0.2) is 0 Å². The fourth-order valence-corrected chi connectivity index (χ4v) is 2.59. The zero-order valence-electron chi connectivity index (χ0n) is 9.56. The van der Waals surface area contributed by atoms with Crippen LogP contribution in [0.3, 0.4) is 0 Å². The number of ether oxygens (including phenoxy) is 1. The summed E-state index contributed by atoms with van der Waals surface area (Å²) in [6.07, 6.45) is 5.30. The van der Waals surface area contributed by atoms with Gasteiger partial charge in [0.1, 0.15) is 12.4 Å². The SMILES string of the molecule is O=C[C@@H]1C[C@H](C#C/C=C/C#CI)[C@H]2C[C@@H]1C(=O)O2. The van der Waals surface area contributed by atoms with Gasteiger partial charge in [-0.3, -0.25) is 4.79 Å². The molecule has 4 heteroatoms. The van der Waals surface area contributed by atoms with Crippen LogP contribution in [0.5, 0.6) is 0 Å². The molecule has 1 aliphatic carbocycles. The van der Waals surface area contributed by atoms with Gasteiger partial charge in [0.2, 0.25) is 0 Å². The second-order valence-electron chi connectivity index (χ2n) is 4.32. The highest BCUT2D eigenvalue weighted by Gasteiger charge is 2.48. The van der Waals surface area contributed by atoms with Gasteiger partial charge in [0.25, 0.3) is 0 Å². The molecule has 1 aliphatic heterocycles. The highest BCUT2D eigenvalue weighted by molar-refractivity contribution is 14.1. The van der Waals surface area contributed by atoms with Crippen molar-refractivity contribution in [1.82, 2.24) is 0 Å². The third-order valence-electron chi connectivity index (χ3n) is 3.30. The average Bonchev–Trinajstić information content (AvgIpc) is 2.70. The van der Waals surface area contributed by atoms with E-state index in [2.05, 4.69) is 21.7 Å². The van der Waals surface area contributed by atoms with Crippen LogP contribution < -0.4 is 0 Å². The summed E-state index contributed by atoms with van der Waals surface area (Å²) in [5, 5.41) is 0. The van der Waals surface area contributed by atoms with E-state index in [4.69, 9.17) is 4.74 Å². The minimum absolute atomic E-state index is 0.0416. The van der Waals surface area contributed by atoms with Crippen LogP contribution >= 0.6 is 22.6 Å². The third-order valence-corrected chi connectivity index (χ3v) is 3.61. The predicted molar refractivity (Wildman–Crippen MR) is 74.4 cm³/mol. The number of rotatable bonds is 1. The molecule has 0 unspecified atom stereocenters. The Morgan fingerprint density at radius 3 is 2.78 bits per heavy atom. The summed E-state index contributed by atoms with van der Waals surface area (Å²) >= 11 is 1.95. The van der Waals surface area contributed by atoms with Crippen molar-refractivity contribution < 1.29 is 14.3 Å². The highest BCUT2D eigenvalue weighted by Crippen LogP contribution is 2.40. The van der Waals surface area contributed by atoms with Gasteiger partial charge >= 0.3 is 5.97 Å². The Kier molecular flexibility index (Phi) is 4.43. The molecule has 0 N–H and O–H groups in total. The standard InChI is InChI=1S/C14H11IO3/c15-6-4-2-1-3-5-10-7-11(9-16)12-8-13(10)18-14(12)17/h1-2,9-13H,7-8H2/b2-1+/t10-,11-,12-,13+/m0/s1. The molecule has 3 nitrogen and oxygen atoms in total. The summed E-state index contributed by atoms with van der Waals surface area (Å²) in [6.45, 7) is 0. The molecular weight excluding hydrogens is 343 g/mol. The van der Waals surface area contributed by atoms with Crippen molar-refractivity contribution in [2.45, 2.75) is 18.9 Å². The molecular formula is C14H11IO3. The fraction of sp³-hybridized carbons (Fsp3) is 0.429. The van der Waals surface area contributed by atoms with Crippen LogP contribution in [0.15, 0.2) is 12.2 Å². The van der Waals surface area contributed by atoms with Crippen molar-refractivity contribution >= 4 is 34.8 Å². The minimum Gasteiger partial charge on any atom is -0.461 e. The van der Waals surface area contributed by atoms with Gasteiger partial charge in [-0.1, -0.05) is 17.8 Å². The number of hydrogen-bond donors (Lipinski definition) is 0. The Morgan fingerprint density at radius 1 is 1.28 bits per heavy atom. The molecule has 2 rings (SSSR count). The molecule has 18 heavy (non-hydrogen) atoms. The van der Waals surface area contributed by atoms with E-state index >= 15 is 0 Å². The Balaban J connectivity index is 2.07. The smallest absolute Gasteiger partial charge is 0.310 e. The predicted octanol–water partition coefficient (Wildman–Crippen LogP) is 1.71. The second-order valence-corrected chi connectivity index (χ2v) is 4.86. The number of halogens is 1. The summed E-state index contributed by atoms with van der Waals surface area (Å²) in [5.74, 6) is 7.93. The molecule has 0 aromatic heterocycles. The van der Waals surface area contributed by atoms with Crippen LogP contribution in [-0.4, -0.2) is 18.4 Å². The van der Waals surface area contributed by atoms with Gasteiger partial charge in [0, 0.05) is 28.5 Å². The highest BCUT2D eigenvalue weighted by atomic mass is 127. The maximum Gasteiger partial charge on any atom is 0.310 e. The quantitative estimate of drug-likeness (QED) is 0.312. The van der Waals surface area contributed by atoms with Crippen molar-refractivity contribution in [3.8, 4) is 21.7 Å². The summed E-state index contributed by atoms with van der Waals surface area (Å²) in [4.78, 5) is 22.5. The molecule has 2 aliphatic rings. The van der Waals surface area contributed by atoms with Gasteiger partial charge in [-0.15, -0.1) is 0 Å². The first-order chi connectivity index (χ1) is 8.76. The zero-order chi connectivity index (χ0) is 13.0. The van der Waals surface area contributed by atoms with Crippen LogP contribution in [0.4, 0.5) is 0 Å². The van der Waals surface area contributed by atoms with E-state index in [1.807, 2.05) is 22.6 Å². The molecule has 0 aromatic rings. The number of hydrogen-bond acceptors (Lipinski definition) is 3. The maximum absolute atomic E-state index is 11.5. The number of aldehydes is 1.